The van der Waals surface area contributed by atoms with Gasteiger partial charge in [0.05, 0.1) is 12.1 Å². The lowest BCUT2D eigenvalue weighted by molar-refractivity contribution is 0.0756. The van der Waals surface area contributed by atoms with Gasteiger partial charge in [-0.05, 0) is 12.8 Å². The van der Waals surface area contributed by atoms with Crippen LogP contribution in [-0.4, -0.2) is 45.7 Å². The summed E-state index contributed by atoms with van der Waals surface area (Å²) in [5.74, 6) is -0.167. The molecule has 0 saturated carbocycles. The highest BCUT2D eigenvalue weighted by Gasteiger charge is 2.32. The van der Waals surface area contributed by atoms with Crippen LogP contribution in [0.15, 0.2) is 10.9 Å². The highest BCUT2D eigenvalue weighted by Crippen LogP contribution is 2.19. The molecule has 0 atom stereocenters. The third-order valence-electron chi connectivity index (χ3n) is 3.76. The molecule has 7 nitrogen and oxygen atoms in total. The fourth-order valence-corrected chi connectivity index (χ4v) is 2.60. The first kappa shape index (κ1) is 13.8. The van der Waals surface area contributed by atoms with E-state index in [-0.39, 0.29) is 11.5 Å². The van der Waals surface area contributed by atoms with Crippen LogP contribution in [-0.2, 0) is 17.7 Å². The second-order valence-electron chi connectivity index (χ2n) is 5.15. The molecular weight excluding hydrogens is 272 g/mol. The van der Waals surface area contributed by atoms with Crippen LogP contribution >= 0.6 is 0 Å². The highest BCUT2D eigenvalue weighted by molar-refractivity contribution is 5.96. The van der Waals surface area contributed by atoms with Crippen LogP contribution < -0.4 is 5.56 Å². The monoisotopic (exact) mass is 290 g/mol. The van der Waals surface area contributed by atoms with Gasteiger partial charge in [-0.25, -0.2) is 9.50 Å². The van der Waals surface area contributed by atoms with E-state index in [1.807, 2.05) is 13.0 Å². The molecule has 7 heteroatoms. The number of methoxy groups -OCH3 is 1. The van der Waals surface area contributed by atoms with Crippen LogP contribution in [0.25, 0.3) is 5.65 Å². The Labute approximate surface area is 121 Å². The maximum absolute atomic E-state index is 12.5. The number of carbonyl (C=O) groups excluding carboxylic acids is 1. The summed E-state index contributed by atoms with van der Waals surface area (Å²) >= 11 is 0. The van der Waals surface area contributed by atoms with E-state index in [4.69, 9.17) is 4.74 Å². The number of carbonyl (C=O) groups is 1. The lowest BCUT2D eigenvalue weighted by Gasteiger charge is -2.14. The van der Waals surface area contributed by atoms with Gasteiger partial charge < -0.3 is 9.64 Å². The molecule has 3 rings (SSSR count). The minimum atomic E-state index is -0.183. The molecule has 2 aromatic rings. The van der Waals surface area contributed by atoms with Gasteiger partial charge in [0.1, 0.15) is 5.69 Å². The van der Waals surface area contributed by atoms with Crippen molar-refractivity contribution in [1.82, 2.24) is 19.5 Å². The molecule has 0 radical (unpaired) electrons. The number of hydrogen-bond donors (Lipinski definition) is 1. The summed E-state index contributed by atoms with van der Waals surface area (Å²) in [5.41, 5.74) is 2.01. The summed E-state index contributed by atoms with van der Waals surface area (Å²) in [7, 11) is 1.63. The summed E-state index contributed by atoms with van der Waals surface area (Å²) < 4.78 is 6.41. The van der Waals surface area contributed by atoms with Crippen LogP contribution in [0.3, 0.4) is 0 Å². The summed E-state index contributed by atoms with van der Waals surface area (Å²) in [4.78, 5) is 30.8. The summed E-state index contributed by atoms with van der Waals surface area (Å²) in [6.45, 7) is 3.48. The molecule has 112 valence electrons. The molecule has 21 heavy (non-hydrogen) atoms. The molecule has 0 bridgehead atoms. The number of hydrogen-bond acceptors (Lipinski definition) is 4. The normalized spacial score (nSPS) is 14.2. The lowest BCUT2D eigenvalue weighted by Crippen LogP contribution is -2.26. The van der Waals surface area contributed by atoms with E-state index < -0.39 is 0 Å². The van der Waals surface area contributed by atoms with Gasteiger partial charge in [0.15, 0.2) is 5.65 Å². The Balaban J connectivity index is 1.96. The molecule has 0 aromatic carbocycles. The maximum atomic E-state index is 12.5. The number of amides is 1. The number of ether oxygens (including phenoxy) is 1. The third-order valence-corrected chi connectivity index (χ3v) is 3.76. The van der Waals surface area contributed by atoms with E-state index in [2.05, 4.69) is 10.1 Å². The number of rotatable bonds is 5. The fourth-order valence-electron chi connectivity index (χ4n) is 2.60. The SMILES string of the molecule is CCc1cc2nc3c(c(=O)n2[nH]1)CN(CCCOC)C3=O. The van der Waals surface area contributed by atoms with Gasteiger partial charge in [0.2, 0.25) is 0 Å². The number of aromatic nitrogens is 3. The van der Waals surface area contributed by atoms with Gasteiger partial charge in [0, 0.05) is 32.0 Å². The molecule has 1 N–H and O–H groups in total. The quantitative estimate of drug-likeness (QED) is 0.817. The average Bonchev–Trinajstić information content (AvgIpc) is 3.03. The van der Waals surface area contributed by atoms with Crippen molar-refractivity contribution in [3.05, 3.63) is 33.4 Å². The van der Waals surface area contributed by atoms with E-state index in [1.54, 1.807) is 12.0 Å². The van der Waals surface area contributed by atoms with Crippen molar-refractivity contribution in [2.24, 2.45) is 0 Å². The number of nitrogens with zero attached hydrogens (tertiary/aromatic N) is 3. The van der Waals surface area contributed by atoms with Crippen LogP contribution in [0, 0.1) is 0 Å². The Morgan fingerprint density at radius 1 is 1.43 bits per heavy atom. The molecule has 1 aliphatic heterocycles. The van der Waals surface area contributed by atoms with E-state index in [0.717, 1.165) is 18.5 Å². The Bertz CT molecular complexity index is 746. The van der Waals surface area contributed by atoms with Gasteiger partial charge in [0.25, 0.3) is 11.5 Å². The van der Waals surface area contributed by atoms with Crippen molar-refractivity contribution >= 4 is 11.6 Å². The Kier molecular flexibility index (Phi) is 3.50. The second-order valence-corrected chi connectivity index (χ2v) is 5.15. The zero-order valence-corrected chi connectivity index (χ0v) is 12.2. The number of fused-ring (bicyclic) bond motifs is 2. The minimum Gasteiger partial charge on any atom is -0.385 e. The van der Waals surface area contributed by atoms with E-state index in [9.17, 15) is 9.59 Å². The highest BCUT2D eigenvalue weighted by atomic mass is 16.5. The molecule has 0 unspecified atom stereocenters. The lowest BCUT2D eigenvalue weighted by atomic mass is 10.2. The van der Waals surface area contributed by atoms with E-state index in [1.165, 1.54) is 4.52 Å². The Morgan fingerprint density at radius 2 is 2.24 bits per heavy atom. The zero-order valence-electron chi connectivity index (χ0n) is 12.2. The van der Waals surface area contributed by atoms with Gasteiger partial charge in [-0.1, -0.05) is 6.92 Å². The molecule has 1 aliphatic rings. The zero-order chi connectivity index (χ0) is 15.0. The van der Waals surface area contributed by atoms with Crippen molar-refractivity contribution in [1.29, 1.82) is 0 Å². The van der Waals surface area contributed by atoms with E-state index in [0.29, 0.717) is 36.6 Å². The minimum absolute atomic E-state index is 0.167. The molecule has 0 aliphatic carbocycles. The first-order valence-electron chi connectivity index (χ1n) is 7.07. The summed E-state index contributed by atoms with van der Waals surface area (Å²) in [6.07, 6.45) is 1.53. The standard InChI is InChI=1S/C14H18N4O3/c1-3-9-7-11-15-12-10(13(19)18(11)16-9)8-17(14(12)20)5-4-6-21-2/h7,16H,3-6,8H2,1-2H3. The number of aryl methyl sites for hydroxylation is 1. The third kappa shape index (κ3) is 2.23. The Hall–Kier alpha value is -2.15. The van der Waals surface area contributed by atoms with E-state index >= 15 is 0 Å². The maximum Gasteiger partial charge on any atom is 0.278 e. The van der Waals surface area contributed by atoms with Crippen molar-refractivity contribution in [3.63, 3.8) is 0 Å². The van der Waals surface area contributed by atoms with Crippen molar-refractivity contribution in [3.8, 4) is 0 Å². The fraction of sp³-hybridized carbons (Fsp3) is 0.500. The van der Waals surface area contributed by atoms with Crippen molar-refractivity contribution in [2.75, 3.05) is 20.3 Å². The van der Waals surface area contributed by atoms with Crippen molar-refractivity contribution in [2.45, 2.75) is 26.3 Å². The number of nitrogens with one attached hydrogen (secondary N) is 1. The first-order chi connectivity index (χ1) is 10.2. The summed E-state index contributed by atoms with van der Waals surface area (Å²) in [5, 5.41) is 3.02. The van der Waals surface area contributed by atoms with Gasteiger partial charge in [-0.2, -0.15) is 0 Å². The van der Waals surface area contributed by atoms with Gasteiger partial charge in [-0.3, -0.25) is 14.7 Å². The molecule has 1 amide bonds. The summed E-state index contributed by atoms with van der Waals surface area (Å²) in [6, 6.07) is 1.81. The predicted octanol–water partition coefficient (Wildman–Crippen LogP) is 0.577. The molecular formula is C14H18N4O3. The van der Waals surface area contributed by atoms with Crippen molar-refractivity contribution < 1.29 is 9.53 Å². The molecule has 0 fully saturated rings. The number of H-pyrrole nitrogens is 1. The van der Waals surface area contributed by atoms with Crippen LogP contribution in [0.2, 0.25) is 0 Å². The average molecular weight is 290 g/mol. The smallest absolute Gasteiger partial charge is 0.278 e. The second kappa shape index (κ2) is 5.33. The first-order valence-corrected chi connectivity index (χ1v) is 7.07. The van der Waals surface area contributed by atoms with Crippen LogP contribution in [0.1, 0.15) is 35.1 Å². The molecule has 0 spiro atoms. The number of aromatic amines is 1. The molecule has 3 heterocycles. The molecule has 2 aromatic heterocycles. The van der Waals surface area contributed by atoms with Crippen LogP contribution in [0.4, 0.5) is 0 Å². The Morgan fingerprint density at radius 3 is 2.95 bits per heavy atom. The van der Waals surface area contributed by atoms with Gasteiger partial charge in [-0.15, -0.1) is 0 Å². The van der Waals surface area contributed by atoms with Crippen LogP contribution in [0.5, 0.6) is 0 Å². The topological polar surface area (TPSA) is 79.7 Å². The van der Waals surface area contributed by atoms with Gasteiger partial charge >= 0.3 is 0 Å². The molecule has 0 saturated heterocycles. The largest absolute Gasteiger partial charge is 0.385 e. The predicted molar refractivity (Wildman–Crippen MR) is 76.4 cm³/mol.